The van der Waals surface area contributed by atoms with Gasteiger partial charge in [-0.3, -0.25) is 9.48 Å². The van der Waals surface area contributed by atoms with Gasteiger partial charge in [0.15, 0.2) is 6.61 Å². The number of carbonyl (C=O) groups excluding carboxylic acids is 1. The molecule has 24 heavy (non-hydrogen) atoms. The van der Waals surface area contributed by atoms with Crippen molar-refractivity contribution in [2.24, 2.45) is 5.73 Å². The number of nitrogens with zero attached hydrogens (tertiary/aromatic N) is 4. The Kier molecular flexibility index (Phi) is 4.90. The van der Waals surface area contributed by atoms with Gasteiger partial charge in [-0.1, -0.05) is 5.16 Å². The predicted molar refractivity (Wildman–Crippen MR) is 88.1 cm³/mol. The molecule has 0 atom stereocenters. The number of benzene rings is 1. The van der Waals surface area contributed by atoms with E-state index in [0.29, 0.717) is 30.4 Å². The van der Waals surface area contributed by atoms with Gasteiger partial charge >= 0.3 is 0 Å². The zero-order chi connectivity index (χ0) is 16.9. The van der Waals surface area contributed by atoms with Gasteiger partial charge in [0, 0.05) is 24.7 Å². The highest BCUT2D eigenvalue weighted by Gasteiger charge is 2.09. The normalized spacial score (nSPS) is 10.7. The van der Waals surface area contributed by atoms with E-state index in [2.05, 4.69) is 31.2 Å². The van der Waals surface area contributed by atoms with Gasteiger partial charge in [0.05, 0.1) is 10.7 Å². The molecule has 0 aliphatic rings. The number of carbonyl (C=O) groups is 1. The standard InChI is InChI=1S/C15H14BrN5O3/c16-11-7-18-21(8-11)6-5-14-19-15(20-24-14)10-1-3-12(4-2-10)23-9-13(17)22/h1-4,7-8H,5-6,9H2,(H2,17,22). The number of halogens is 1. The van der Waals surface area contributed by atoms with Crippen molar-refractivity contribution >= 4 is 21.8 Å². The molecule has 3 aromatic rings. The van der Waals surface area contributed by atoms with E-state index in [1.165, 1.54) is 0 Å². The third-order valence-electron chi connectivity index (χ3n) is 3.12. The van der Waals surface area contributed by atoms with Crippen LogP contribution in [0.25, 0.3) is 11.4 Å². The maximum absolute atomic E-state index is 10.7. The Hall–Kier alpha value is -2.68. The smallest absolute Gasteiger partial charge is 0.255 e. The number of nitrogens with two attached hydrogens (primary N) is 1. The molecular weight excluding hydrogens is 378 g/mol. The first-order valence-corrected chi connectivity index (χ1v) is 7.91. The number of aryl methyl sites for hydroxylation is 2. The molecule has 2 heterocycles. The molecule has 1 aromatic carbocycles. The van der Waals surface area contributed by atoms with Crippen LogP contribution in [0.3, 0.4) is 0 Å². The van der Waals surface area contributed by atoms with Crippen LogP contribution in [0.5, 0.6) is 5.75 Å². The highest BCUT2D eigenvalue weighted by molar-refractivity contribution is 9.10. The van der Waals surface area contributed by atoms with Crippen LogP contribution in [0, 0.1) is 0 Å². The average molecular weight is 392 g/mol. The minimum atomic E-state index is -0.522. The van der Waals surface area contributed by atoms with Crippen LogP contribution in [0.15, 0.2) is 45.7 Å². The minimum Gasteiger partial charge on any atom is -0.484 e. The predicted octanol–water partition coefficient (Wildman–Crippen LogP) is 1.80. The van der Waals surface area contributed by atoms with Crippen LogP contribution in [0.1, 0.15) is 5.89 Å². The summed E-state index contributed by atoms with van der Waals surface area (Å²) in [6.07, 6.45) is 4.18. The molecule has 9 heteroatoms. The molecule has 124 valence electrons. The van der Waals surface area contributed by atoms with Crippen LogP contribution in [0.2, 0.25) is 0 Å². The summed E-state index contributed by atoms with van der Waals surface area (Å²) in [6.45, 7) is 0.488. The topological polar surface area (TPSA) is 109 Å². The van der Waals surface area contributed by atoms with E-state index in [9.17, 15) is 4.79 Å². The first-order chi connectivity index (χ1) is 11.6. The van der Waals surface area contributed by atoms with Crippen molar-refractivity contribution in [1.29, 1.82) is 0 Å². The van der Waals surface area contributed by atoms with Crippen LogP contribution in [-0.4, -0.2) is 32.4 Å². The van der Waals surface area contributed by atoms with Gasteiger partial charge in [-0.2, -0.15) is 10.1 Å². The Morgan fingerprint density at radius 3 is 2.79 bits per heavy atom. The number of amides is 1. The van der Waals surface area contributed by atoms with Gasteiger partial charge in [0.25, 0.3) is 5.91 Å². The number of aromatic nitrogens is 4. The molecule has 0 unspecified atom stereocenters. The zero-order valence-electron chi connectivity index (χ0n) is 12.6. The summed E-state index contributed by atoms with van der Waals surface area (Å²) in [5.74, 6) is 1.05. The van der Waals surface area contributed by atoms with Crippen LogP contribution >= 0.6 is 15.9 Å². The van der Waals surface area contributed by atoms with Crippen molar-refractivity contribution in [3.63, 3.8) is 0 Å². The van der Waals surface area contributed by atoms with E-state index < -0.39 is 5.91 Å². The highest BCUT2D eigenvalue weighted by atomic mass is 79.9. The molecule has 2 N–H and O–H groups in total. The summed E-state index contributed by atoms with van der Waals surface area (Å²) in [5.41, 5.74) is 5.82. The van der Waals surface area contributed by atoms with E-state index in [0.717, 1.165) is 10.0 Å². The summed E-state index contributed by atoms with van der Waals surface area (Å²) in [4.78, 5) is 15.0. The molecule has 8 nitrogen and oxygen atoms in total. The third-order valence-corrected chi connectivity index (χ3v) is 3.53. The molecule has 0 saturated heterocycles. The molecular formula is C15H14BrN5O3. The van der Waals surface area contributed by atoms with Gasteiger partial charge in [0.2, 0.25) is 11.7 Å². The molecule has 0 aliphatic heterocycles. The Morgan fingerprint density at radius 1 is 1.33 bits per heavy atom. The lowest BCUT2D eigenvalue weighted by Gasteiger charge is -2.03. The van der Waals surface area contributed by atoms with Crippen molar-refractivity contribution in [2.45, 2.75) is 13.0 Å². The number of primary amides is 1. The lowest BCUT2D eigenvalue weighted by Crippen LogP contribution is -2.19. The van der Waals surface area contributed by atoms with Crippen LogP contribution in [-0.2, 0) is 17.8 Å². The lowest BCUT2D eigenvalue weighted by molar-refractivity contribution is -0.119. The average Bonchev–Trinajstić information content (AvgIpc) is 3.20. The van der Waals surface area contributed by atoms with E-state index in [1.54, 1.807) is 35.1 Å². The van der Waals surface area contributed by atoms with Crippen molar-refractivity contribution in [3.05, 3.63) is 47.0 Å². The van der Waals surface area contributed by atoms with Gasteiger partial charge in [-0.05, 0) is 40.2 Å². The Labute approximate surface area is 145 Å². The Balaban J connectivity index is 1.61. The molecule has 1 amide bonds. The summed E-state index contributed by atoms with van der Waals surface area (Å²) in [5, 5.41) is 8.14. The number of hydrogen-bond donors (Lipinski definition) is 1. The number of hydrogen-bond acceptors (Lipinski definition) is 6. The van der Waals surface area contributed by atoms with Crippen LogP contribution in [0.4, 0.5) is 0 Å². The fourth-order valence-electron chi connectivity index (χ4n) is 2.00. The summed E-state index contributed by atoms with van der Waals surface area (Å²) < 4.78 is 13.2. The molecule has 0 spiro atoms. The summed E-state index contributed by atoms with van der Waals surface area (Å²) in [6, 6.07) is 7.01. The first kappa shape index (κ1) is 16.2. The van der Waals surface area contributed by atoms with Gasteiger partial charge in [0.1, 0.15) is 5.75 Å². The maximum atomic E-state index is 10.7. The SMILES string of the molecule is NC(=O)COc1ccc(-c2noc(CCn3cc(Br)cn3)n2)cc1. The minimum absolute atomic E-state index is 0.157. The fraction of sp³-hybridized carbons (Fsp3) is 0.200. The molecule has 0 fully saturated rings. The van der Waals surface area contributed by atoms with E-state index in [-0.39, 0.29) is 6.61 Å². The van der Waals surface area contributed by atoms with E-state index in [4.69, 9.17) is 15.0 Å². The quantitative estimate of drug-likeness (QED) is 0.657. The molecule has 2 aromatic heterocycles. The Morgan fingerprint density at radius 2 is 2.12 bits per heavy atom. The number of rotatable bonds is 7. The third kappa shape index (κ3) is 4.19. The first-order valence-electron chi connectivity index (χ1n) is 7.12. The van der Waals surface area contributed by atoms with Gasteiger partial charge in [-0.25, -0.2) is 0 Å². The van der Waals surface area contributed by atoms with Gasteiger partial charge in [-0.15, -0.1) is 0 Å². The molecule has 3 rings (SSSR count). The Bertz CT molecular complexity index is 828. The van der Waals surface area contributed by atoms with E-state index in [1.807, 2.05) is 6.20 Å². The second kappa shape index (κ2) is 7.26. The highest BCUT2D eigenvalue weighted by Crippen LogP contribution is 2.20. The molecule has 0 saturated carbocycles. The monoisotopic (exact) mass is 391 g/mol. The summed E-state index contributed by atoms with van der Waals surface area (Å²) >= 11 is 3.35. The molecule has 0 bridgehead atoms. The van der Waals surface area contributed by atoms with Crippen molar-refractivity contribution in [2.75, 3.05) is 6.61 Å². The fourth-order valence-corrected chi connectivity index (χ4v) is 2.33. The van der Waals surface area contributed by atoms with Crippen molar-refractivity contribution < 1.29 is 14.1 Å². The van der Waals surface area contributed by atoms with Crippen molar-refractivity contribution in [3.8, 4) is 17.1 Å². The number of ether oxygens (including phenoxy) is 1. The van der Waals surface area contributed by atoms with E-state index >= 15 is 0 Å². The second-order valence-electron chi connectivity index (χ2n) is 4.96. The van der Waals surface area contributed by atoms with Crippen molar-refractivity contribution in [1.82, 2.24) is 19.9 Å². The second-order valence-corrected chi connectivity index (χ2v) is 5.88. The summed E-state index contributed by atoms with van der Waals surface area (Å²) in [7, 11) is 0. The lowest BCUT2D eigenvalue weighted by atomic mass is 10.2. The zero-order valence-corrected chi connectivity index (χ0v) is 14.1. The largest absolute Gasteiger partial charge is 0.484 e. The maximum Gasteiger partial charge on any atom is 0.255 e. The van der Waals surface area contributed by atoms with Crippen LogP contribution < -0.4 is 10.5 Å². The molecule has 0 aliphatic carbocycles. The molecule has 0 radical (unpaired) electrons. The van der Waals surface area contributed by atoms with Gasteiger partial charge < -0.3 is 15.0 Å².